The summed E-state index contributed by atoms with van der Waals surface area (Å²) in [5.41, 5.74) is -1.44. The number of hydrogen-bond donors (Lipinski definition) is 1. The molecule has 0 saturated heterocycles. The second-order valence-corrected chi connectivity index (χ2v) is 3.41. The molecule has 0 spiro atoms. The Morgan fingerprint density at radius 3 is 2.68 bits per heavy atom. The number of rotatable bonds is 7. The zero-order valence-corrected chi connectivity index (χ0v) is 10.1. The number of carbonyl (C=O) groups is 1. The maximum atomic E-state index is 13.5. The fourth-order valence-electron chi connectivity index (χ4n) is 1.33. The van der Waals surface area contributed by atoms with E-state index < -0.39 is 28.0 Å². The number of hydrogen-bond acceptors (Lipinski definition) is 5. The van der Waals surface area contributed by atoms with Gasteiger partial charge in [-0.3, -0.25) is 10.1 Å². The molecule has 0 aliphatic carbocycles. The van der Waals surface area contributed by atoms with Gasteiger partial charge in [-0.25, -0.2) is 9.18 Å². The molecule has 1 aromatic carbocycles. The highest BCUT2D eigenvalue weighted by atomic mass is 19.1. The van der Waals surface area contributed by atoms with Gasteiger partial charge in [0.15, 0.2) is 11.6 Å². The number of aromatic carboxylic acids is 1. The topological polar surface area (TPSA) is 98.9 Å². The monoisotopic (exact) mass is 273 g/mol. The molecule has 0 unspecified atom stereocenters. The van der Waals surface area contributed by atoms with Gasteiger partial charge in [0.05, 0.1) is 17.6 Å². The van der Waals surface area contributed by atoms with Crippen LogP contribution in [0.3, 0.4) is 0 Å². The predicted octanol–water partition coefficient (Wildman–Crippen LogP) is 1.85. The first-order valence-corrected chi connectivity index (χ1v) is 5.39. The van der Waals surface area contributed by atoms with Gasteiger partial charge in [-0.15, -0.1) is 0 Å². The van der Waals surface area contributed by atoms with Crippen molar-refractivity contribution >= 4 is 11.7 Å². The zero-order valence-electron chi connectivity index (χ0n) is 10.1. The van der Waals surface area contributed by atoms with Crippen molar-refractivity contribution in [1.29, 1.82) is 0 Å². The molecular weight excluding hydrogens is 261 g/mol. The van der Waals surface area contributed by atoms with Crippen molar-refractivity contribution in [2.75, 3.05) is 19.8 Å². The number of carboxylic acids is 1. The van der Waals surface area contributed by atoms with Gasteiger partial charge in [0.1, 0.15) is 12.2 Å². The van der Waals surface area contributed by atoms with E-state index in [-0.39, 0.29) is 19.0 Å². The molecule has 0 radical (unpaired) electrons. The highest BCUT2D eigenvalue weighted by Gasteiger charge is 2.23. The van der Waals surface area contributed by atoms with Crippen molar-refractivity contribution in [3.05, 3.63) is 33.6 Å². The summed E-state index contributed by atoms with van der Waals surface area (Å²) in [5, 5.41) is 19.4. The van der Waals surface area contributed by atoms with Crippen LogP contribution in [0.2, 0.25) is 0 Å². The lowest BCUT2D eigenvalue weighted by Gasteiger charge is -2.08. The Morgan fingerprint density at radius 2 is 2.16 bits per heavy atom. The number of nitro groups is 1. The number of ether oxygens (including phenoxy) is 2. The number of carboxylic acid groups (broad SMARTS) is 1. The molecule has 0 aliphatic rings. The molecule has 0 heterocycles. The molecule has 0 aliphatic heterocycles. The molecule has 1 aromatic rings. The average Bonchev–Trinajstić information content (AvgIpc) is 2.35. The summed E-state index contributed by atoms with van der Waals surface area (Å²) in [6, 6.07) is 1.32. The summed E-state index contributed by atoms with van der Waals surface area (Å²) in [6.07, 6.45) is 0. The first kappa shape index (κ1) is 14.8. The molecule has 0 amide bonds. The van der Waals surface area contributed by atoms with Crippen LogP contribution in [-0.4, -0.2) is 35.8 Å². The number of nitrogens with zero attached hydrogens (tertiary/aromatic N) is 1. The van der Waals surface area contributed by atoms with E-state index in [2.05, 4.69) is 0 Å². The molecule has 7 nitrogen and oxygen atoms in total. The van der Waals surface area contributed by atoms with E-state index in [1.807, 2.05) is 0 Å². The Hall–Kier alpha value is -2.22. The number of benzene rings is 1. The summed E-state index contributed by atoms with van der Waals surface area (Å²) >= 11 is 0. The lowest BCUT2D eigenvalue weighted by molar-refractivity contribution is -0.385. The van der Waals surface area contributed by atoms with Crippen molar-refractivity contribution in [2.45, 2.75) is 6.92 Å². The van der Waals surface area contributed by atoms with Crippen LogP contribution in [0, 0.1) is 15.9 Å². The van der Waals surface area contributed by atoms with Crippen LogP contribution in [0.5, 0.6) is 5.75 Å². The maximum Gasteiger partial charge on any atom is 0.342 e. The molecule has 0 atom stereocenters. The molecule has 104 valence electrons. The third kappa shape index (κ3) is 3.88. The quantitative estimate of drug-likeness (QED) is 0.462. The van der Waals surface area contributed by atoms with Gasteiger partial charge in [0.2, 0.25) is 0 Å². The van der Waals surface area contributed by atoms with Crippen LogP contribution in [-0.2, 0) is 4.74 Å². The summed E-state index contributed by atoms with van der Waals surface area (Å²) in [5.74, 6) is -2.88. The fourth-order valence-corrected chi connectivity index (χ4v) is 1.33. The first-order valence-electron chi connectivity index (χ1n) is 5.39. The highest BCUT2D eigenvalue weighted by molar-refractivity contribution is 5.92. The normalized spacial score (nSPS) is 10.2. The van der Waals surface area contributed by atoms with Crippen molar-refractivity contribution in [1.82, 2.24) is 0 Å². The predicted molar refractivity (Wildman–Crippen MR) is 62.0 cm³/mol. The van der Waals surface area contributed by atoms with Crippen LogP contribution in [0.25, 0.3) is 0 Å². The Kier molecular flexibility index (Phi) is 5.19. The second-order valence-electron chi connectivity index (χ2n) is 3.41. The van der Waals surface area contributed by atoms with E-state index in [1.165, 1.54) is 0 Å². The van der Waals surface area contributed by atoms with Crippen LogP contribution >= 0.6 is 0 Å². The van der Waals surface area contributed by atoms with Crippen molar-refractivity contribution in [3.8, 4) is 5.75 Å². The summed E-state index contributed by atoms with van der Waals surface area (Å²) in [7, 11) is 0. The third-order valence-corrected chi connectivity index (χ3v) is 2.17. The first-order chi connectivity index (χ1) is 8.97. The number of halogens is 1. The summed E-state index contributed by atoms with van der Waals surface area (Å²) in [6.45, 7) is 2.46. The van der Waals surface area contributed by atoms with Crippen molar-refractivity contribution < 1.29 is 28.7 Å². The Labute approximate surface area is 107 Å². The van der Waals surface area contributed by atoms with Crippen LogP contribution in [0.15, 0.2) is 12.1 Å². The van der Waals surface area contributed by atoms with Gasteiger partial charge in [0, 0.05) is 12.7 Å². The summed E-state index contributed by atoms with van der Waals surface area (Å²) < 4.78 is 23.4. The highest BCUT2D eigenvalue weighted by Crippen LogP contribution is 2.27. The molecule has 1 rings (SSSR count). The van der Waals surface area contributed by atoms with Crippen LogP contribution in [0.1, 0.15) is 17.3 Å². The number of nitro benzene ring substituents is 1. The summed E-state index contributed by atoms with van der Waals surface area (Å²) in [4.78, 5) is 20.5. The Morgan fingerprint density at radius 1 is 1.47 bits per heavy atom. The average molecular weight is 273 g/mol. The van der Waals surface area contributed by atoms with Gasteiger partial charge < -0.3 is 14.6 Å². The Balaban J connectivity index is 2.97. The standard InChI is InChI=1S/C11H12FNO6/c1-2-18-3-4-19-10-5-7(11(14)15)9(13(16)17)6-8(10)12/h5-6H,2-4H2,1H3,(H,14,15). The third-order valence-electron chi connectivity index (χ3n) is 2.17. The zero-order chi connectivity index (χ0) is 14.4. The van der Waals surface area contributed by atoms with E-state index in [9.17, 15) is 19.3 Å². The molecule has 19 heavy (non-hydrogen) atoms. The van der Waals surface area contributed by atoms with Gasteiger partial charge in [-0.05, 0) is 6.92 Å². The minimum Gasteiger partial charge on any atom is -0.488 e. The minimum atomic E-state index is -1.53. The van der Waals surface area contributed by atoms with E-state index in [1.54, 1.807) is 6.92 Å². The second kappa shape index (κ2) is 6.64. The molecule has 0 aromatic heterocycles. The lowest BCUT2D eigenvalue weighted by atomic mass is 10.1. The maximum absolute atomic E-state index is 13.5. The molecule has 0 fully saturated rings. The van der Waals surface area contributed by atoms with E-state index in [4.69, 9.17) is 14.6 Å². The molecule has 1 N–H and O–H groups in total. The molecule has 0 saturated carbocycles. The smallest absolute Gasteiger partial charge is 0.342 e. The Bertz CT molecular complexity index is 490. The van der Waals surface area contributed by atoms with Gasteiger partial charge in [0.25, 0.3) is 5.69 Å². The van der Waals surface area contributed by atoms with Gasteiger partial charge in [-0.2, -0.15) is 0 Å². The van der Waals surface area contributed by atoms with Crippen LogP contribution in [0.4, 0.5) is 10.1 Å². The lowest BCUT2D eigenvalue weighted by Crippen LogP contribution is -2.09. The van der Waals surface area contributed by atoms with Crippen LogP contribution < -0.4 is 4.74 Å². The SMILES string of the molecule is CCOCCOc1cc(C(=O)O)c([N+](=O)[O-])cc1F. The van der Waals surface area contributed by atoms with E-state index >= 15 is 0 Å². The van der Waals surface area contributed by atoms with Crippen molar-refractivity contribution in [3.63, 3.8) is 0 Å². The largest absolute Gasteiger partial charge is 0.488 e. The molecule has 0 bridgehead atoms. The van der Waals surface area contributed by atoms with Crippen molar-refractivity contribution in [2.24, 2.45) is 0 Å². The van der Waals surface area contributed by atoms with Gasteiger partial charge >= 0.3 is 5.97 Å². The van der Waals surface area contributed by atoms with Gasteiger partial charge in [-0.1, -0.05) is 0 Å². The fraction of sp³-hybridized carbons (Fsp3) is 0.364. The molecular formula is C11H12FNO6. The minimum absolute atomic E-state index is 0.0155. The van der Waals surface area contributed by atoms with E-state index in [0.29, 0.717) is 12.7 Å². The van der Waals surface area contributed by atoms with E-state index in [0.717, 1.165) is 6.07 Å². The molecule has 8 heteroatoms.